The van der Waals surface area contributed by atoms with E-state index in [1.807, 2.05) is 6.92 Å². The van der Waals surface area contributed by atoms with Crippen LogP contribution in [0.3, 0.4) is 0 Å². The average Bonchev–Trinajstić information content (AvgIpc) is 3.39. The molecule has 0 radical (unpaired) electrons. The number of nitrogens with zero attached hydrogens (tertiary/aromatic N) is 3. The Hall–Kier alpha value is -1.82. The highest BCUT2D eigenvalue weighted by molar-refractivity contribution is 7.91. The van der Waals surface area contributed by atoms with Crippen LogP contribution >= 0.6 is 11.3 Å². The van der Waals surface area contributed by atoms with Gasteiger partial charge in [-0.05, 0) is 38.4 Å². The molecule has 0 spiro atoms. The van der Waals surface area contributed by atoms with Crippen LogP contribution in [0.25, 0.3) is 10.2 Å². The summed E-state index contributed by atoms with van der Waals surface area (Å²) >= 11 is 1.26. The lowest BCUT2D eigenvalue weighted by Gasteiger charge is -2.28. The number of thiophene rings is 1. The predicted octanol–water partition coefficient (Wildman–Crippen LogP) is 1.15. The number of nitrogens with one attached hydrogen (secondary N) is 1. The van der Waals surface area contributed by atoms with Gasteiger partial charge in [-0.3, -0.25) is 9.69 Å². The van der Waals surface area contributed by atoms with Crippen LogP contribution in [0.2, 0.25) is 0 Å². The number of hydrogen-bond acceptors (Lipinski definition) is 9. The maximum Gasteiger partial charge on any atom is 0.262 e. The van der Waals surface area contributed by atoms with Crippen LogP contribution in [0.4, 0.5) is 0 Å². The smallest absolute Gasteiger partial charge is 0.262 e. The molecule has 0 saturated carbocycles. The summed E-state index contributed by atoms with van der Waals surface area (Å²) in [5.41, 5.74) is 0.729. The number of fused-ring (bicyclic) bond motifs is 1. The summed E-state index contributed by atoms with van der Waals surface area (Å²) in [4.78, 5) is 25.3. The van der Waals surface area contributed by atoms with Crippen molar-refractivity contribution in [2.75, 3.05) is 38.8 Å². The zero-order valence-corrected chi connectivity index (χ0v) is 18.9. The minimum atomic E-state index is -3.18. The SMILES string of the molecule is COCc1nc(OC)c2c(C)c(C(=O)NC3CS(=O)(=O)CC3N3CCCC3)sc2n1. The number of aryl methyl sites for hydroxylation is 1. The van der Waals surface area contributed by atoms with Crippen LogP contribution in [-0.4, -0.2) is 80.1 Å². The Bertz CT molecular complexity index is 1060. The van der Waals surface area contributed by atoms with Gasteiger partial charge in [0.1, 0.15) is 11.4 Å². The second kappa shape index (κ2) is 8.37. The topological polar surface area (TPSA) is 111 Å². The van der Waals surface area contributed by atoms with E-state index < -0.39 is 15.9 Å². The van der Waals surface area contributed by atoms with E-state index in [9.17, 15) is 13.2 Å². The molecule has 4 heterocycles. The summed E-state index contributed by atoms with van der Waals surface area (Å²) in [7, 11) is -0.0889. The van der Waals surface area contributed by atoms with Crippen molar-refractivity contribution in [1.82, 2.24) is 20.2 Å². The first-order valence-electron chi connectivity index (χ1n) is 9.91. The minimum absolute atomic E-state index is 0.0229. The van der Waals surface area contributed by atoms with Gasteiger partial charge in [0.2, 0.25) is 5.88 Å². The number of carbonyl (C=O) groups is 1. The molecule has 4 rings (SSSR count). The highest BCUT2D eigenvalue weighted by Gasteiger charge is 2.42. The van der Waals surface area contributed by atoms with Gasteiger partial charge in [0.05, 0.1) is 34.9 Å². The third-order valence-corrected chi connectivity index (χ3v) is 8.63. The molecule has 0 bridgehead atoms. The van der Waals surface area contributed by atoms with E-state index in [0.717, 1.165) is 31.5 Å². The molecule has 2 fully saturated rings. The van der Waals surface area contributed by atoms with E-state index in [-0.39, 0.29) is 30.1 Å². The molecule has 2 unspecified atom stereocenters. The molecule has 164 valence electrons. The van der Waals surface area contributed by atoms with Crippen LogP contribution in [0.5, 0.6) is 5.88 Å². The predicted molar refractivity (Wildman–Crippen MR) is 114 cm³/mol. The number of methoxy groups -OCH3 is 2. The van der Waals surface area contributed by atoms with E-state index in [1.165, 1.54) is 18.4 Å². The Kier molecular flexibility index (Phi) is 5.97. The summed E-state index contributed by atoms with van der Waals surface area (Å²) < 4.78 is 35.1. The Morgan fingerprint density at radius 2 is 1.97 bits per heavy atom. The largest absolute Gasteiger partial charge is 0.480 e. The standard InChI is InChI=1S/C19H26N4O5S2/c1-11-15-18(28-3)21-14(8-27-2)22-19(15)29-16(11)17(24)20-12-9-30(25,26)10-13(12)23-6-4-5-7-23/h12-13H,4-10H2,1-3H3,(H,20,24). The van der Waals surface area contributed by atoms with Crippen molar-refractivity contribution in [2.45, 2.75) is 38.5 Å². The van der Waals surface area contributed by atoms with Crippen molar-refractivity contribution < 1.29 is 22.7 Å². The molecule has 2 aromatic heterocycles. The first-order valence-corrected chi connectivity index (χ1v) is 12.5. The monoisotopic (exact) mass is 454 g/mol. The molecule has 2 aliphatic rings. The molecule has 30 heavy (non-hydrogen) atoms. The number of aromatic nitrogens is 2. The van der Waals surface area contributed by atoms with Gasteiger partial charge in [0, 0.05) is 13.2 Å². The van der Waals surface area contributed by atoms with Gasteiger partial charge in [0.15, 0.2) is 15.7 Å². The molecule has 1 N–H and O–H groups in total. The lowest BCUT2D eigenvalue weighted by Crippen LogP contribution is -2.50. The van der Waals surface area contributed by atoms with Crippen molar-refractivity contribution >= 4 is 37.3 Å². The summed E-state index contributed by atoms with van der Waals surface area (Å²) in [5.74, 6) is 0.676. The number of likely N-dealkylation sites (tertiary alicyclic amines) is 1. The van der Waals surface area contributed by atoms with Crippen LogP contribution in [0.15, 0.2) is 0 Å². The van der Waals surface area contributed by atoms with Crippen molar-refractivity contribution in [3.05, 3.63) is 16.3 Å². The summed E-state index contributed by atoms with van der Waals surface area (Å²) in [6.07, 6.45) is 2.13. The van der Waals surface area contributed by atoms with Crippen molar-refractivity contribution in [2.24, 2.45) is 0 Å². The molecule has 11 heteroatoms. The number of amides is 1. The number of ether oxygens (including phenoxy) is 2. The lowest BCUT2D eigenvalue weighted by molar-refractivity contribution is 0.0922. The number of rotatable bonds is 6. The summed E-state index contributed by atoms with van der Waals surface area (Å²) in [6.45, 7) is 3.83. The van der Waals surface area contributed by atoms with Gasteiger partial charge in [-0.2, -0.15) is 4.98 Å². The molecular formula is C19H26N4O5S2. The third kappa shape index (κ3) is 4.03. The maximum absolute atomic E-state index is 13.1. The second-order valence-corrected chi connectivity index (χ2v) is 10.9. The van der Waals surface area contributed by atoms with Gasteiger partial charge in [-0.15, -0.1) is 11.3 Å². The van der Waals surface area contributed by atoms with Gasteiger partial charge < -0.3 is 14.8 Å². The number of carbonyl (C=O) groups excluding carboxylic acids is 1. The Labute approximate surface area is 179 Å². The molecule has 2 saturated heterocycles. The molecule has 0 aliphatic carbocycles. The molecular weight excluding hydrogens is 428 g/mol. The van der Waals surface area contributed by atoms with Gasteiger partial charge in [-0.25, -0.2) is 13.4 Å². The Balaban J connectivity index is 1.63. The fourth-order valence-corrected chi connectivity index (χ4v) is 7.38. The third-order valence-electron chi connectivity index (χ3n) is 5.73. The van der Waals surface area contributed by atoms with E-state index in [0.29, 0.717) is 26.8 Å². The quantitative estimate of drug-likeness (QED) is 0.692. The number of hydrogen-bond donors (Lipinski definition) is 1. The molecule has 1 amide bonds. The average molecular weight is 455 g/mol. The number of sulfone groups is 1. The summed E-state index contributed by atoms with van der Waals surface area (Å²) in [6, 6.07) is -0.582. The van der Waals surface area contributed by atoms with Crippen LogP contribution in [-0.2, 0) is 21.2 Å². The molecule has 2 aromatic rings. The van der Waals surface area contributed by atoms with E-state index in [2.05, 4.69) is 20.2 Å². The zero-order valence-electron chi connectivity index (χ0n) is 17.3. The maximum atomic E-state index is 13.1. The van der Waals surface area contributed by atoms with E-state index in [1.54, 1.807) is 7.11 Å². The van der Waals surface area contributed by atoms with Gasteiger partial charge in [0.25, 0.3) is 5.91 Å². The van der Waals surface area contributed by atoms with Crippen molar-refractivity contribution in [3.8, 4) is 5.88 Å². The van der Waals surface area contributed by atoms with Crippen molar-refractivity contribution in [3.63, 3.8) is 0 Å². The van der Waals surface area contributed by atoms with Crippen LogP contribution in [0.1, 0.15) is 33.9 Å². The first-order chi connectivity index (χ1) is 14.3. The molecule has 2 atom stereocenters. The second-order valence-electron chi connectivity index (χ2n) is 7.79. The van der Waals surface area contributed by atoms with Gasteiger partial charge >= 0.3 is 0 Å². The molecule has 9 nitrogen and oxygen atoms in total. The van der Waals surface area contributed by atoms with Crippen molar-refractivity contribution in [1.29, 1.82) is 0 Å². The fourth-order valence-electron chi connectivity index (χ4n) is 4.34. The highest BCUT2D eigenvalue weighted by atomic mass is 32.2. The lowest BCUT2D eigenvalue weighted by atomic mass is 10.1. The molecule has 0 aromatic carbocycles. The van der Waals surface area contributed by atoms with Crippen LogP contribution in [0, 0.1) is 6.92 Å². The Morgan fingerprint density at radius 1 is 1.23 bits per heavy atom. The fraction of sp³-hybridized carbons (Fsp3) is 0.632. The van der Waals surface area contributed by atoms with Crippen LogP contribution < -0.4 is 10.1 Å². The first kappa shape index (κ1) is 21.4. The summed E-state index contributed by atoms with van der Waals surface area (Å²) in [5, 5.41) is 3.69. The zero-order chi connectivity index (χ0) is 21.5. The Morgan fingerprint density at radius 3 is 2.63 bits per heavy atom. The minimum Gasteiger partial charge on any atom is -0.480 e. The van der Waals surface area contributed by atoms with Gasteiger partial charge in [-0.1, -0.05) is 0 Å². The molecule has 2 aliphatic heterocycles. The highest BCUT2D eigenvalue weighted by Crippen LogP contribution is 2.35. The normalized spacial score (nSPS) is 23.8. The van der Waals surface area contributed by atoms with E-state index in [4.69, 9.17) is 9.47 Å². The van der Waals surface area contributed by atoms with E-state index >= 15 is 0 Å².